The molecule has 428 valence electrons. The Morgan fingerprint density at radius 1 is 0.385 bits per heavy atom. The minimum absolute atomic E-state index is 0.708. The lowest BCUT2D eigenvalue weighted by molar-refractivity contribution is 0.181. The molecule has 9 heteroatoms. The third kappa shape index (κ3) is 37.8. The van der Waals surface area contributed by atoms with E-state index in [0.717, 1.165) is 40.3 Å². The van der Waals surface area contributed by atoms with E-state index in [9.17, 15) is 0 Å². The monoisotopic (exact) mass is 1060 g/mol. The maximum Gasteiger partial charge on any atom is 0.115 e. The van der Waals surface area contributed by atoms with Crippen LogP contribution in [0.1, 0.15) is 125 Å². The summed E-state index contributed by atoms with van der Waals surface area (Å²) >= 11 is 0. The molecule has 3 fully saturated rings. The Morgan fingerprint density at radius 2 is 0.756 bits per heavy atom. The molecule has 0 N–H and O–H groups in total. The zero-order valence-corrected chi connectivity index (χ0v) is 53.2. The van der Waals surface area contributed by atoms with E-state index in [-0.39, 0.29) is 0 Å². The van der Waals surface area contributed by atoms with Crippen molar-refractivity contribution in [1.82, 2.24) is 44.2 Å². The number of hydrogen-bond acceptors (Lipinski definition) is 8. The number of likely N-dealkylation sites (N-methyl/N-ethyl adjacent to an activating group) is 2. The summed E-state index contributed by atoms with van der Waals surface area (Å²) in [5, 5.41) is 0. The van der Waals surface area contributed by atoms with Gasteiger partial charge in [-0.15, -0.1) is 0 Å². The average Bonchev–Trinajstić information content (AvgIpc) is 3.73. The lowest BCUT2D eigenvalue weighted by Gasteiger charge is -2.28. The van der Waals surface area contributed by atoms with Crippen LogP contribution in [0.2, 0.25) is 0 Å². The van der Waals surface area contributed by atoms with Gasteiger partial charge in [0.1, 0.15) is 6.33 Å². The number of piperazine rings is 1. The number of hydrogen-bond donors (Lipinski definition) is 0. The number of rotatable bonds is 0. The minimum atomic E-state index is 0.708. The quantitative estimate of drug-likeness (QED) is 0.149. The Bertz CT molecular complexity index is 2250. The standard InChI is InChI=1S/C9H12.2C8H10.C7H15N.C7H9N.C6H14N2.2C6H8N2.C6H9N.C6H12/c1-7-4-8(2)6-9(3)5-7;1-7-3-5-8(2)6-4-7;1-7-4-3-5-8(2)6-7;1-7-3-5-8(2)6-4-7;1-6-3-4-7(2)8-5-6;1-7-3-5-8(2)6-4-7;1-5-3-8-6(2)4-7-5;1-5-3-6(2)8-4-7-5;1-6-3-4-7(2)5-6;1-5-4-6(5,2)3/h4-6H,1-3H3;2*3-6H,1-2H3;7H,3-6H2,1-2H3;3-5H,1-2H3;3-6H2,1-2H3;2*3-4H,1-2H3;3-5H,1-2H3;5H,4H2,1-3H3. The number of benzene rings is 3. The van der Waals surface area contributed by atoms with Crippen LogP contribution in [0.3, 0.4) is 0 Å². The van der Waals surface area contributed by atoms with Crippen LogP contribution < -0.4 is 0 Å². The van der Waals surface area contributed by atoms with Crippen molar-refractivity contribution in [2.45, 2.75) is 144 Å². The highest BCUT2D eigenvalue weighted by Crippen LogP contribution is 2.50. The number of piperidine rings is 1. The molecule has 1 atom stereocenters. The second-order valence-electron chi connectivity index (χ2n) is 23.1. The van der Waals surface area contributed by atoms with Gasteiger partial charge in [-0.1, -0.05) is 139 Å². The van der Waals surface area contributed by atoms with Crippen LogP contribution in [-0.2, 0) is 7.05 Å². The third-order valence-electron chi connectivity index (χ3n) is 13.4. The van der Waals surface area contributed by atoms with E-state index in [4.69, 9.17) is 0 Å². The molecule has 2 aliphatic heterocycles. The molecule has 1 unspecified atom stereocenters. The molecular weight excluding hydrogens is 955 g/mol. The fourth-order valence-electron chi connectivity index (χ4n) is 7.65. The van der Waals surface area contributed by atoms with Crippen molar-refractivity contribution in [3.05, 3.63) is 207 Å². The van der Waals surface area contributed by atoms with Gasteiger partial charge in [0, 0.05) is 81.3 Å². The van der Waals surface area contributed by atoms with Gasteiger partial charge in [0.25, 0.3) is 0 Å². The van der Waals surface area contributed by atoms with Crippen molar-refractivity contribution in [3.8, 4) is 0 Å². The molecule has 2 saturated heterocycles. The van der Waals surface area contributed by atoms with Gasteiger partial charge in [0.2, 0.25) is 0 Å². The molecule has 78 heavy (non-hydrogen) atoms. The Hall–Kier alpha value is -5.87. The van der Waals surface area contributed by atoms with Gasteiger partial charge in [0.05, 0.1) is 11.4 Å². The molecule has 4 aromatic heterocycles. The molecule has 0 bridgehead atoms. The minimum Gasteiger partial charge on any atom is -0.357 e. The van der Waals surface area contributed by atoms with Crippen molar-refractivity contribution in [2.75, 3.05) is 60.4 Å². The first-order valence-electron chi connectivity index (χ1n) is 28.3. The van der Waals surface area contributed by atoms with Crippen molar-refractivity contribution in [2.24, 2.45) is 24.3 Å². The first kappa shape index (κ1) is 70.1. The average molecular weight is 1060 g/mol. The van der Waals surface area contributed by atoms with E-state index >= 15 is 0 Å². The van der Waals surface area contributed by atoms with Gasteiger partial charge in [-0.3, -0.25) is 15.0 Å². The summed E-state index contributed by atoms with van der Waals surface area (Å²) in [6, 6.07) is 31.6. The highest BCUT2D eigenvalue weighted by molar-refractivity contribution is 5.27. The Kier molecular flexibility index (Phi) is 34.8. The van der Waals surface area contributed by atoms with E-state index in [1.807, 2.05) is 77.7 Å². The molecular formula is C69H107N9. The normalized spacial score (nSPS) is 15.1. The molecule has 0 radical (unpaired) electrons. The predicted octanol–water partition coefficient (Wildman–Crippen LogP) is 15.7. The van der Waals surface area contributed by atoms with E-state index in [1.165, 1.54) is 109 Å². The zero-order chi connectivity index (χ0) is 58.8. The van der Waals surface area contributed by atoms with Crippen LogP contribution in [0, 0.1) is 114 Å². The molecule has 0 spiro atoms. The van der Waals surface area contributed by atoms with E-state index in [1.54, 1.807) is 18.7 Å². The predicted molar refractivity (Wildman–Crippen MR) is 338 cm³/mol. The summed E-state index contributed by atoms with van der Waals surface area (Å²) in [7, 11) is 8.57. The number of pyridine rings is 1. The van der Waals surface area contributed by atoms with E-state index in [0.29, 0.717) is 5.41 Å². The van der Waals surface area contributed by atoms with E-state index in [2.05, 4.69) is 229 Å². The summed E-state index contributed by atoms with van der Waals surface area (Å²) in [4.78, 5) is 27.1. The molecule has 1 aliphatic carbocycles. The van der Waals surface area contributed by atoms with Crippen LogP contribution >= 0.6 is 0 Å². The van der Waals surface area contributed by atoms with Crippen molar-refractivity contribution in [1.29, 1.82) is 0 Å². The van der Waals surface area contributed by atoms with Gasteiger partial charge in [-0.05, 0) is 197 Å². The highest BCUT2D eigenvalue weighted by atomic mass is 15.2. The van der Waals surface area contributed by atoms with Crippen LogP contribution in [-0.4, -0.2) is 105 Å². The van der Waals surface area contributed by atoms with Crippen LogP contribution in [0.4, 0.5) is 0 Å². The fraction of sp³-hybridized carbons (Fsp3) is 0.493. The third-order valence-corrected chi connectivity index (χ3v) is 13.4. The SMILES string of the molecule is CC1CC1(C)C.CC1CCN(C)CC1.CN1CCN(C)CC1.Cc1cc(C)cc(C)c1.Cc1cc(C)ncn1.Cc1ccc(C)cc1.Cc1ccc(C)nc1.Cc1cccc(C)c1.Cc1ccn(C)c1.Cc1cnc(C)cn1. The summed E-state index contributed by atoms with van der Waals surface area (Å²) in [6.07, 6.45) is 15.3. The molecule has 0 amide bonds. The molecule has 9 nitrogen and oxygen atoms in total. The maximum atomic E-state index is 4.08. The zero-order valence-electron chi connectivity index (χ0n) is 53.2. The van der Waals surface area contributed by atoms with Gasteiger partial charge in [0.15, 0.2) is 0 Å². The van der Waals surface area contributed by atoms with E-state index < -0.39 is 0 Å². The topological polar surface area (TPSA) is 79.1 Å². The summed E-state index contributed by atoms with van der Waals surface area (Å²) in [5.74, 6) is 1.98. The van der Waals surface area contributed by atoms with Gasteiger partial charge in [-0.2, -0.15) is 0 Å². The number of nitrogens with zero attached hydrogens (tertiary/aromatic N) is 9. The van der Waals surface area contributed by atoms with Crippen LogP contribution in [0.25, 0.3) is 0 Å². The Labute approximate surface area is 477 Å². The lowest BCUT2D eigenvalue weighted by atomic mass is 10.00. The second kappa shape index (κ2) is 38.7. The van der Waals surface area contributed by atoms with Gasteiger partial charge < -0.3 is 19.3 Å². The number of aromatic nitrogens is 6. The molecule has 6 heterocycles. The molecule has 3 aliphatic rings. The molecule has 10 rings (SSSR count). The first-order valence-corrected chi connectivity index (χ1v) is 28.3. The van der Waals surface area contributed by atoms with Crippen molar-refractivity contribution < 1.29 is 0 Å². The largest absolute Gasteiger partial charge is 0.357 e. The van der Waals surface area contributed by atoms with Gasteiger partial charge >= 0.3 is 0 Å². The summed E-state index contributed by atoms with van der Waals surface area (Å²) < 4.78 is 2.04. The second-order valence-corrected chi connectivity index (χ2v) is 23.1. The van der Waals surface area contributed by atoms with Crippen LogP contribution in [0.5, 0.6) is 0 Å². The number of likely N-dealkylation sites (tertiary alicyclic amines) is 1. The fourth-order valence-corrected chi connectivity index (χ4v) is 7.65. The van der Waals surface area contributed by atoms with Crippen molar-refractivity contribution >= 4 is 0 Å². The Balaban J connectivity index is 0.000000434. The number of aryl methyl sites for hydroxylation is 15. The molecule has 7 aromatic rings. The summed E-state index contributed by atoms with van der Waals surface area (Å²) in [5.41, 5.74) is 17.7. The van der Waals surface area contributed by atoms with Crippen LogP contribution in [0.15, 0.2) is 128 Å². The Morgan fingerprint density at radius 3 is 1.00 bits per heavy atom. The lowest BCUT2D eigenvalue weighted by Crippen LogP contribution is -2.42. The molecule has 1 saturated carbocycles. The summed E-state index contributed by atoms with van der Waals surface area (Å²) in [6.45, 7) is 45.5. The highest BCUT2D eigenvalue weighted by Gasteiger charge is 2.41. The van der Waals surface area contributed by atoms with Gasteiger partial charge in [-0.25, -0.2) is 9.97 Å². The molecule has 3 aromatic carbocycles. The maximum absolute atomic E-state index is 4.08. The first-order chi connectivity index (χ1) is 36.6. The smallest absolute Gasteiger partial charge is 0.115 e. The van der Waals surface area contributed by atoms with Crippen molar-refractivity contribution in [3.63, 3.8) is 0 Å².